The van der Waals surface area contributed by atoms with Crippen LogP contribution in [0.25, 0.3) is 11.6 Å². The first-order chi connectivity index (χ1) is 16.1. The predicted molar refractivity (Wildman–Crippen MR) is 115 cm³/mol. The first-order valence-corrected chi connectivity index (χ1v) is 11.1. The van der Waals surface area contributed by atoms with E-state index < -0.39 is 5.97 Å². The highest BCUT2D eigenvalue weighted by molar-refractivity contribution is 5.81. The zero-order chi connectivity index (χ0) is 23.0. The Labute approximate surface area is 190 Å². The molecule has 9 heteroatoms. The molecule has 1 amide bonds. The number of hydrogen-bond acceptors (Lipinski definition) is 7. The topological polar surface area (TPSA) is 98.7 Å². The van der Waals surface area contributed by atoms with Gasteiger partial charge in [0.05, 0.1) is 12.7 Å². The molecule has 1 aliphatic carbocycles. The molecule has 1 aliphatic rings. The lowest BCUT2D eigenvalue weighted by Crippen LogP contribution is -2.43. The van der Waals surface area contributed by atoms with E-state index in [0.29, 0.717) is 18.1 Å². The Kier molecular flexibility index (Phi) is 7.49. The van der Waals surface area contributed by atoms with Gasteiger partial charge < -0.3 is 18.6 Å². The van der Waals surface area contributed by atoms with E-state index >= 15 is 0 Å². The van der Waals surface area contributed by atoms with Gasteiger partial charge in [0.25, 0.3) is 5.91 Å². The predicted octanol–water partition coefficient (Wildman–Crippen LogP) is 4.31. The molecule has 1 saturated carbocycles. The molecule has 0 spiro atoms. The minimum absolute atomic E-state index is 0.00839. The van der Waals surface area contributed by atoms with E-state index in [-0.39, 0.29) is 43.1 Å². The van der Waals surface area contributed by atoms with Crippen LogP contribution >= 0.6 is 0 Å². The summed E-state index contributed by atoms with van der Waals surface area (Å²) >= 11 is 0. The van der Waals surface area contributed by atoms with Crippen LogP contribution in [0.15, 0.2) is 51.6 Å². The van der Waals surface area contributed by atoms with Gasteiger partial charge in [-0.25, -0.2) is 4.39 Å². The first-order valence-electron chi connectivity index (χ1n) is 11.1. The molecule has 0 aliphatic heterocycles. The molecule has 33 heavy (non-hydrogen) atoms. The molecule has 0 bridgehead atoms. The van der Waals surface area contributed by atoms with Gasteiger partial charge in [-0.3, -0.25) is 9.59 Å². The third-order valence-corrected chi connectivity index (χ3v) is 5.71. The fraction of sp³-hybridized carbons (Fsp3) is 0.417. The van der Waals surface area contributed by atoms with Crippen LogP contribution in [0.5, 0.6) is 0 Å². The van der Waals surface area contributed by atoms with Gasteiger partial charge in [-0.2, -0.15) is 4.98 Å². The monoisotopic (exact) mass is 455 g/mol. The lowest BCUT2D eigenvalue weighted by Gasteiger charge is -2.34. The largest absolute Gasteiger partial charge is 0.461 e. The lowest BCUT2D eigenvalue weighted by molar-refractivity contribution is -0.153. The smallest absolute Gasteiger partial charge is 0.306 e. The maximum absolute atomic E-state index is 13.3. The van der Waals surface area contributed by atoms with Crippen LogP contribution in [0, 0.1) is 5.82 Å². The molecule has 3 aromatic rings. The van der Waals surface area contributed by atoms with Gasteiger partial charge in [-0.1, -0.05) is 36.6 Å². The number of nitrogens with zero attached hydrogens (tertiary/aromatic N) is 3. The first kappa shape index (κ1) is 22.7. The van der Waals surface area contributed by atoms with Crippen molar-refractivity contribution in [2.24, 2.45) is 0 Å². The number of carbonyl (C=O) groups is 2. The van der Waals surface area contributed by atoms with Crippen LogP contribution in [0.3, 0.4) is 0 Å². The number of benzene rings is 1. The van der Waals surface area contributed by atoms with Crippen molar-refractivity contribution in [2.75, 3.05) is 6.61 Å². The Bertz CT molecular complexity index is 1040. The van der Waals surface area contributed by atoms with Gasteiger partial charge in [-0.15, -0.1) is 0 Å². The molecule has 0 radical (unpaired) electrons. The van der Waals surface area contributed by atoms with E-state index in [1.807, 2.05) is 0 Å². The number of rotatable bonds is 9. The zero-order valence-corrected chi connectivity index (χ0v) is 18.2. The molecule has 0 saturated heterocycles. The number of ether oxygens (including phenoxy) is 1. The highest BCUT2D eigenvalue weighted by atomic mass is 19.1. The molecular formula is C24H26FN3O5. The van der Waals surface area contributed by atoms with Crippen LogP contribution < -0.4 is 0 Å². The number of carbonyl (C=O) groups excluding carboxylic acids is 2. The van der Waals surface area contributed by atoms with Gasteiger partial charge in [0.2, 0.25) is 11.7 Å². The summed E-state index contributed by atoms with van der Waals surface area (Å²) in [4.78, 5) is 31.1. The summed E-state index contributed by atoms with van der Waals surface area (Å²) in [6, 6.07) is 9.62. The SMILES string of the molecule is O=C(CCc1nc(-c2ccco2)no1)OCC(=O)N(Cc1ccc(F)cc1)C1CCCCC1. The standard InChI is InChI=1S/C24H26FN3O5/c25-18-10-8-17(9-11-18)15-28(19-5-2-1-3-6-19)22(29)16-32-23(30)13-12-21-26-24(27-33-21)20-7-4-14-31-20/h4,7-11,14,19H,1-3,5-6,12-13,15-16H2. The quantitative estimate of drug-likeness (QED) is 0.444. The molecule has 0 N–H and O–H groups in total. The summed E-state index contributed by atoms with van der Waals surface area (Å²) in [7, 11) is 0. The number of hydrogen-bond donors (Lipinski definition) is 0. The van der Waals surface area contributed by atoms with Crippen LogP contribution in [0.4, 0.5) is 4.39 Å². The third kappa shape index (κ3) is 6.27. The van der Waals surface area contributed by atoms with Crippen molar-refractivity contribution >= 4 is 11.9 Å². The van der Waals surface area contributed by atoms with Crippen LogP contribution in [-0.4, -0.2) is 39.6 Å². The van der Waals surface area contributed by atoms with Crippen molar-refractivity contribution in [3.63, 3.8) is 0 Å². The molecule has 2 heterocycles. The normalized spacial score (nSPS) is 14.2. The minimum atomic E-state index is -0.522. The third-order valence-electron chi connectivity index (χ3n) is 5.71. The molecule has 1 aromatic carbocycles. The number of amides is 1. The van der Waals surface area contributed by atoms with E-state index in [4.69, 9.17) is 13.7 Å². The number of aryl methyl sites for hydroxylation is 1. The number of halogens is 1. The Hall–Kier alpha value is -3.49. The Morgan fingerprint density at radius 2 is 1.91 bits per heavy atom. The van der Waals surface area contributed by atoms with Crippen molar-refractivity contribution < 1.29 is 27.7 Å². The molecular weight excluding hydrogens is 429 g/mol. The van der Waals surface area contributed by atoms with Gasteiger partial charge in [0.15, 0.2) is 12.4 Å². The number of furan rings is 1. The van der Waals surface area contributed by atoms with Crippen molar-refractivity contribution in [2.45, 2.75) is 57.5 Å². The van der Waals surface area contributed by atoms with Crippen LogP contribution in [-0.2, 0) is 27.3 Å². The average Bonchev–Trinajstić information content (AvgIpc) is 3.53. The van der Waals surface area contributed by atoms with Crippen molar-refractivity contribution in [1.82, 2.24) is 15.0 Å². The van der Waals surface area contributed by atoms with Crippen molar-refractivity contribution in [1.29, 1.82) is 0 Å². The van der Waals surface area contributed by atoms with E-state index in [0.717, 1.165) is 37.7 Å². The molecule has 174 valence electrons. The van der Waals surface area contributed by atoms with E-state index in [1.165, 1.54) is 18.4 Å². The lowest BCUT2D eigenvalue weighted by atomic mass is 9.93. The van der Waals surface area contributed by atoms with E-state index in [9.17, 15) is 14.0 Å². The zero-order valence-electron chi connectivity index (χ0n) is 18.2. The average molecular weight is 455 g/mol. The summed E-state index contributed by atoms with van der Waals surface area (Å²) in [6.45, 7) is 0.0247. The van der Waals surface area contributed by atoms with Gasteiger partial charge >= 0.3 is 5.97 Å². The van der Waals surface area contributed by atoms with Crippen molar-refractivity contribution in [3.05, 3.63) is 59.9 Å². The second-order valence-corrected chi connectivity index (χ2v) is 8.09. The summed E-state index contributed by atoms with van der Waals surface area (Å²) in [5.41, 5.74) is 0.838. The second-order valence-electron chi connectivity index (χ2n) is 8.09. The Balaban J connectivity index is 1.29. The molecule has 2 aromatic heterocycles. The van der Waals surface area contributed by atoms with Crippen molar-refractivity contribution in [3.8, 4) is 11.6 Å². The minimum Gasteiger partial charge on any atom is -0.461 e. The molecule has 1 fully saturated rings. The molecule has 4 rings (SSSR count). The molecule has 8 nitrogen and oxygen atoms in total. The highest BCUT2D eigenvalue weighted by Crippen LogP contribution is 2.24. The second kappa shape index (κ2) is 10.9. The summed E-state index contributed by atoms with van der Waals surface area (Å²) in [6.07, 6.45) is 6.81. The number of esters is 1. The van der Waals surface area contributed by atoms with Crippen LogP contribution in [0.1, 0.15) is 50.0 Å². The fourth-order valence-electron chi connectivity index (χ4n) is 3.97. The van der Waals surface area contributed by atoms with Crippen LogP contribution in [0.2, 0.25) is 0 Å². The van der Waals surface area contributed by atoms with E-state index in [2.05, 4.69) is 10.1 Å². The van der Waals surface area contributed by atoms with Gasteiger partial charge in [0, 0.05) is 19.0 Å². The maximum atomic E-state index is 13.3. The number of aromatic nitrogens is 2. The summed E-state index contributed by atoms with van der Waals surface area (Å²) < 4.78 is 28.8. The van der Waals surface area contributed by atoms with Gasteiger partial charge in [0.1, 0.15) is 5.82 Å². The summed E-state index contributed by atoms with van der Waals surface area (Å²) in [5, 5.41) is 3.81. The summed E-state index contributed by atoms with van der Waals surface area (Å²) in [5.74, 6) is -0.0286. The fourth-order valence-corrected chi connectivity index (χ4v) is 3.97. The van der Waals surface area contributed by atoms with E-state index in [1.54, 1.807) is 29.2 Å². The Morgan fingerprint density at radius 1 is 1.12 bits per heavy atom. The maximum Gasteiger partial charge on any atom is 0.306 e. The molecule has 0 unspecified atom stereocenters. The Morgan fingerprint density at radius 3 is 2.64 bits per heavy atom. The van der Waals surface area contributed by atoms with Gasteiger partial charge in [-0.05, 0) is 42.7 Å². The molecule has 0 atom stereocenters. The highest BCUT2D eigenvalue weighted by Gasteiger charge is 2.26.